The molecule has 0 spiro atoms. The van der Waals surface area contributed by atoms with Gasteiger partial charge >= 0.3 is 0 Å². The van der Waals surface area contributed by atoms with Crippen molar-refractivity contribution in [2.24, 2.45) is 5.92 Å². The molecule has 25 heavy (non-hydrogen) atoms. The van der Waals surface area contributed by atoms with Crippen LogP contribution < -0.4 is 0 Å². The van der Waals surface area contributed by atoms with Crippen molar-refractivity contribution in [3.05, 3.63) is 53.3 Å². The largest absolute Gasteiger partial charge is 0.381 e. The summed E-state index contributed by atoms with van der Waals surface area (Å²) in [4.78, 5) is 15.0. The van der Waals surface area contributed by atoms with Gasteiger partial charge < -0.3 is 9.64 Å². The van der Waals surface area contributed by atoms with Gasteiger partial charge in [0.15, 0.2) is 0 Å². The summed E-state index contributed by atoms with van der Waals surface area (Å²) in [5.41, 5.74) is 2.87. The maximum atomic E-state index is 13.0. The number of aryl methyl sites for hydroxylation is 2. The van der Waals surface area contributed by atoms with Crippen LogP contribution in [0.2, 0.25) is 0 Å². The van der Waals surface area contributed by atoms with E-state index in [0.29, 0.717) is 18.2 Å². The van der Waals surface area contributed by atoms with Gasteiger partial charge in [-0.3, -0.25) is 9.48 Å². The molecule has 0 aliphatic carbocycles. The predicted octanol–water partition coefficient (Wildman–Crippen LogP) is 2.93. The Kier molecular flexibility index (Phi) is 5.53. The SMILES string of the molecule is CCn1nc(C)cc1C(=O)N1CC[C@H](OC)[C@H](Cc2ccccc2)C1. The van der Waals surface area contributed by atoms with Crippen molar-refractivity contribution in [2.75, 3.05) is 20.2 Å². The van der Waals surface area contributed by atoms with Crippen LogP contribution in [0.1, 0.15) is 35.1 Å². The highest BCUT2D eigenvalue weighted by Gasteiger charge is 2.33. The molecule has 134 valence electrons. The molecule has 0 N–H and O–H groups in total. The van der Waals surface area contributed by atoms with Crippen LogP contribution in [-0.2, 0) is 17.7 Å². The zero-order valence-electron chi connectivity index (χ0n) is 15.3. The number of hydrogen-bond donors (Lipinski definition) is 0. The second-order valence-electron chi connectivity index (χ2n) is 6.75. The molecule has 1 amide bonds. The van der Waals surface area contributed by atoms with Crippen LogP contribution in [0.15, 0.2) is 36.4 Å². The molecule has 3 rings (SSSR count). The van der Waals surface area contributed by atoms with Crippen molar-refractivity contribution in [1.82, 2.24) is 14.7 Å². The van der Waals surface area contributed by atoms with E-state index in [1.807, 2.05) is 30.9 Å². The van der Waals surface area contributed by atoms with E-state index in [-0.39, 0.29) is 12.0 Å². The smallest absolute Gasteiger partial charge is 0.272 e. The Hall–Kier alpha value is -2.14. The molecule has 2 atom stereocenters. The van der Waals surface area contributed by atoms with Crippen LogP contribution in [0.3, 0.4) is 0 Å². The van der Waals surface area contributed by atoms with E-state index in [9.17, 15) is 4.79 Å². The summed E-state index contributed by atoms with van der Waals surface area (Å²) in [7, 11) is 1.77. The first kappa shape index (κ1) is 17.7. The Morgan fingerprint density at radius 3 is 2.76 bits per heavy atom. The first-order chi connectivity index (χ1) is 12.1. The zero-order valence-corrected chi connectivity index (χ0v) is 15.3. The Morgan fingerprint density at radius 1 is 1.32 bits per heavy atom. The standard InChI is InChI=1S/C20H27N3O2/c1-4-23-18(12-15(2)21-23)20(24)22-11-10-19(25-3)17(14-22)13-16-8-6-5-7-9-16/h5-9,12,17,19H,4,10-11,13-14H2,1-3H3/t17-,19+/m1/s1. The number of methoxy groups -OCH3 is 1. The number of carbonyl (C=O) groups is 1. The van der Waals surface area contributed by atoms with Gasteiger partial charge in [0.1, 0.15) is 5.69 Å². The van der Waals surface area contributed by atoms with Gasteiger partial charge in [0.05, 0.1) is 11.8 Å². The van der Waals surface area contributed by atoms with E-state index in [1.165, 1.54) is 5.56 Å². The fourth-order valence-corrected chi connectivity index (χ4v) is 3.74. The number of piperidine rings is 1. The fourth-order valence-electron chi connectivity index (χ4n) is 3.74. The highest BCUT2D eigenvalue weighted by atomic mass is 16.5. The second-order valence-corrected chi connectivity index (χ2v) is 6.75. The van der Waals surface area contributed by atoms with Crippen molar-refractivity contribution < 1.29 is 9.53 Å². The zero-order chi connectivity index (χ0) is 17.8. The first-order valence-corrected chi connectivity index (χ1v) is 9.02. The van der Waals surface area contributed by atoms with Gasteiger partial charge in [0.2, 0.25) is 0 Å². The Morgan fingerprint density at radius 2 is 2.08 bits per heavy atom. The van der Waals surface area contributed by atoms with E-state index < -0.39 is 0 Å². The molecular weight excluding hydrogens is 314 g/mol. The number of carbonyl (C=O) groups excluding carboxylic acids is 1. The summed E-state index contributed by atoms with van der Waals surface area (Å²) < 4.78 is 7.50. The van der Waals surface area contributed by atoms with Crippen LogP contribution in [0.25, 0.3) is 0 Å². The van der Waals surface area contributed by atoms with Crippen molar-refractivity contribution in [3.8, 4) is 0 Å². The minimum Gasteiger partial charge on any atom is -0.381 e. The predicted molar refractivity (Wildman–Crippen MR) is 97.6 cm³/mol. The number of aromatic nitrogens is 2. The molecule has 1 saturated heterocycles. The quantitative estimate of drug-likeness (QED) is 0.840. The van der Waals surface area contributed by atoms with Crippen LogP contribution >= 0.6 is 0 Å². The van der Waals surface area contributed by atoms with E-state index in [1.54, 1.807) is 11.8 Å². The highest BCUT2D eigenvalue weighted by molar-refractivity contribution is 5.92. The molecule has 1 aromatic carbocycles. The van der Waals surface area contributed by atoms with Gasteiger partial charge in [0, 0.05) is 32.7 Å². The summed E-state index contributed by atoms with van der Waals surface area (Å²) in [6, 6.07) is 12.3. The molecule has 0 unspecified atom stereocenters. The van der Waals surface area contributed by atoms with E-state index in [0.717, 1.165) is 31.6 Å². The van der Waals surface area contributed by atoms with Gasteiger partial charge in [-0.05, 0) is 38.3 Å². The second kappa shape index (κ2) is 7.83. The van der Waals surface area contributed by atoms with Gasteiger partial charge in [-0.2, -0.15) is 5.10 Å². The van der Waals surface area contributed by atoms with Crippen molar-refractivity contribution in [2.45, 2.75) is 39.3 Å². The Labute approximate surface area is 149 Å². The third kappa shape index (κ3) is 3.93. The molecule has 1 aromatic heterocycles. The normalized spacial score (nSPS) is 20.7. The number of benzene rings is 1. The average molecular weight is 341 g/mol. The summed E-state index contributed by atoms with van der Waals surface area (Å²) in [6.07, 6.45) is 2.00. The van der Waals surface area contributed by atoms with Gasteiger partial charge in [-0.15, -0.1) is 0 Å². The molecule has 0 radical (unpaired) electrons. The molecule has 5 heteroatoms. The Balaban J connectivity index is 1.75. The molecular formula is C20H27N3O2. The molecule has 1 aliphatic rings. The molecule has 5 nitrogen and oxygen atoms in total. The first-order valence-electron chi connectivity index (χ1n) is 9.02. The average Bonchev–Trinajstić information content (AvgIpc) is 3.02. The lowest BCUT2D eigenvalue weighted by Crippen LogP contribution is -2.47. The van der Waals surface area contributed by atoms with Gasteiger partial charge in [-0.25, -0.2) is 0 Å². The van der Waals surface area contributed by atoms with Crippen LogP contribution in [0.5, 0.6) is 0 Å². The van der Waals surface area contributed by atoms with Crippen molar-refractivity contribution >= 4 is 5.91 Å². The lowest BCUT2D eigenvalue weighted by Gasteiger charge is -2.38. The summed E-state index contributed by atoms with van der Waals surface area (Å²) in [6.45, 7) is 6.10. The van der Waals surface area contributed by atoms with Crippen LogP contribution in [-0.4, -0.2) is 46.9 Å². The molecule has 1 fully saturated rings. The third-order valence-electron chi connectivity index (χ3n) is 5.02. The third-order valence-corrected chi connectivity index (χ3v) is 5.02. The fraction of sp³-hybridized carbons (Fsp3) is 0.500. The molecule has 0 bridgehead atoms. The topological polar surface area (TPSA) is 47.4 Å². The summed E-state index contributed by atoms with van der Waals surface area (Å²) in [5.74, 6) is 0.388. The number of ether oxygens (including phenoxy) is 1. The number of likely N-dealkylation sites (tertiary alicyclic amines) is 1. The van der Waals surface area contributed by atoms with Crippen LogP contribution in [0.4, 0.5) is 0 Å². The molecule has 2 aromatic rings. The molecule has 2 heterocycles. The number of nitrogens with zero attached hydrogens (tertiary/aromatic N) is 3. The van der Waals surface area contributed by atoms with Crippen molar-refractivity contribution in [1.29, 1.82) is 0 Å². The minimum absolute atomic E-state index is 0.0788. The lowest BCUT2D eigenvalue weighted by atomic mass is 9.88. The number of rotatable bonds is 5. The minimum atomic E-state index is 0.0788. The molecule has 0 saturated carbocycles. The van der Waals surface area contributed by atoms with E-state index in [2.05, 4.69) is 29.4 Å². The summed E-state index contributed by atoms with van der Waals surface area (Å²) >= 11 is 0. The number of hydrogen-bond acceptors (Lipinski definition) is 3. The molecule has 1 aliphatic heterocycles. The maximum Gasteiger partial charge on any atom is 0.272 e. The lowest BCUT2D eigenvalue weighted by molar-refractivity contribution is -0.00334. The van der Waals surface area contributed by atoms with E-state index in [4.69, 9.17) is 4.74 Å². The number of amides is 1. The van der Waals surface area contributed by atoms with Gasteiger partial charge in [-0.1, -0.05) is 30.3 Å². The van der Waals surface area contributed by atoms with Crippen molar-refractivity contribution in [3.63, 3.8) is 0 Å². The highest BCUT2D eigenvalue weighted by Crippen LogP contribution is 2.25. The van der Waals surface area contributed by atoms with E-state index >= 15 is 0 Å². The van der Waals surface area contributed by atoms with Gasteiger partial charge in [0.25, 0.3) is 5.91 Å². The monoisotopic (exact) mass is 341 g/mol. The Bertz CT molecular complexity index is 711. The summed E-state index contributed by atoms with van der Waals surface area (Å²) in [5, 5.41) is 4.41. The maximum absolute atomic E-state index is 13.0. The van der Waals surface area contributed by atoms with Crippen LogP contribution in [0, 0.1) is 12.8 Å².